The summed E-state index contributed by atoms with van der Waals surface area (Å²) in [5, 5.41) is 0. The zero-order chi connectivity index (χ0) is 14.5. The number of rotatable bonds is 4. The first kappa shape index (κ1) is 13.7. The van der Waals surface area contributed by atoms with E-state index in [0.29, 0.717) is 0 Å². The van der Waals surface area contributed by atoms with Crippen LogP contribution in [-0.4, -0.2) is 24.6 Å². The summed E-state index contributed by atoms with van der Waals surface area (Å²) < 4.78 is 9.83. The predicted octanol–water partition coefficient (Wildman–Crippen LogP) is 1.34. The minimum atomic E-state index is -0.795. The summed E-state index contributed by atoms with van der Waals surface area (Å²) in [6.07, 6.45) is 2.17. The third-order valence-electron chi connectivity index (χ3n) is 2.68. The van der Waals surface area contributed by atoms with Gasteiger partial charge in [-0.2, -0.15) is 0 Å². The molecule has 0 fully saturated rings. The topological polar surface area (TPSA) is 69.7 Å². The lowest BCUT2D eigenvalue weighted by molar-refractivity contribution is -0.137. The van der Waals surface area contributed by atoms with E-state index in [4.69, 9.17) is 4.74 Å². The maximum atomic E-state index is 11.7. The normalized spacial score (nSPS) is 14.4. The Labute approximate surface area is 115 Å². The molecule has 0 N–H and O–H groups in total. The quantitative estimate of drug-likeness (QED) is 0.470. The summed E-state index contributed by atoms with van der Waals surface area (Å²) in [6.45, 7) is 0.139. The second kappa shape index (κ2) is 5.97. The van der Waals surface area contributed by atoms with Crippen molar-refractivity contribution in [3.05, 3.63) is 59.4 Å². The molecule has 0 aromatic heterocycles. The molecule has 0 unspecified atom stereocenters. The molecule has 1 aliphatic rings. The lowest BCUT2D eigenvalue weighted by Gasteiger charge is -2.12. The molecule has 1 aromatic rings. The third kappa shape index (κ3) is 3.00. The van der Waals surface area contributed by atoms with Crippen molar-refractivity contribution < 1.29 is 23.9 Å². The van der Waals surface area contributed by atoms with Gasteiger partial charge in [0.15, 0.2) is 5.76 Å². The van der Waals surface area contributed by atoms with Gasteiger partial charge in [-0.25, -0.2) is 4.79 Å². The van der Waals surface area contributed by atoms with Crippen molar-refractivity contribution in [1.29, 1.82) is 0 Å². The number of Topliss-reactive ketones (excluding diaryl/α,β-unsaturated/α-hetero) is 1. The highest BCUT2D eigenvalue weighted by molar-refractivity contribution is 6.48. The molecule has 5 heteroatoms. The zero-order valence-electron chi connectivity index (χ0n) is 10.8. The summed E-state index contributed by atoms with van der Waals surface area (Å²) in [7, 11) is 1.20. The standard InChI is InChI=1S/C15H12O5/c1-19-15(18)11-7-12(16)14(17)13(8-11)20-9-10-5-3-2-4-6-10/h2-8H,9H2,1H3. The minimum absolute atomic E-state index is 0.000150. The molecule has 0 aliphatic heterocycles. The van der Waals surface area contributed by atoms with Gasteiger partial charge in [0.05, 0.1) is 12.7 Å². The van der Waals surface area contributed by atoms with Crippen molar-refractivity contribution in [2.75, 3.05) is 7.11 Å². The van der Waals surface area contributed by atoms with Crippen LogP contribution < -0.4 is 0 Å². The molecular formula is C15H12O5. The van der Waals surface area contributed by atoms with Crippen LogP contribution in [-0.2, 0) is 30.5 Å². The van der Waals surface area contributed by atoms with E-state index in [1.807, 2.05) is 30.3 Å². The summed E-state index contributed by atoms with van der Waals surface area (Å²) >= 11 is 0. The Morgan fingerprint density at radius 1 is 1.10 bits per heavy atom. The molecule has 0 saturated heterocycles. The van der Waals surface area contributed by atoms with E-state index in [2.05, 4.69) is 4.74 Å². The maximum absolute atomic E-state index is 11.7. The zero-order valence-corrected chi connectivity index (χ0v) is 10.8. The number of ether oxygens (including phenoxy) is 2. The molecular weight excluding hydrogens is 260 g/mol. The fourth-order valence-electron chi connectivity index (χ4n) is 1.65. The van der Waals surface area contributed by atoms with Crippen LogP contribution in [0.5, 0.6) is 0 Å². The second-order valence-corrected chi connectivity index (χ2v) is 4.07. The molecule has 1 aliphatic carbocycles. The largest absolute Gasteiger partial charge is 0.485 e. The molecule has 0 atom stereocenters. The third-order valence-corrected chi connectivity index (χ3v) is 2.68. The van der Waals surface area contributed by atoms with Crippen molar-refractivity contribution in [2.24, 2.45) is 0 Å². The second-order valence-electron chi connectivity index (χ2n) is 4.07. The Kier molecular flexibility index (Phi) is 4.10. The van der Waals surface area contributed by atoms with Crippen LogP contribution in [0.4, 0.5) is 0 Å². The van der Waals surface area contributed by atoms with Crippen LogP contribution in [0.15, 0.2) is 53.8 Å². The van der Waals surface area contributed by atoms with Crippen LogP contribution in [0, 0.1) is 0 Å². The highest BCUT2D eigenvalue weighted by atomic mass is 16.5. The Morgan fingerprint density at radius 3 is 2.45 bits per heavy atom. The number of carbonyl (C=O) groups excluding carboxylic acids is 3. The number of methoxy groups -OCH3 is 1. The number of carbonyl (C=O) groups is 3. The smallest absolute Gasteiger partial charge is 0.338 e. The van der Waals surface area contributed by atoms with Crippen LogP contribution in [0.1, 0.15) is 5.56 Å². The summed E-state index contributed by atoms with van der Waals surface area (Å²) in [6, 6.07) is 9.18. The molecule has 102 valence electrons. The van der Waals surface area contributed by atoms with Crippen LogP contribution >= 0.6 is 0 Å². The molecule has 20 heavy (non-hydrogen) atoms. The Morgan fingerprint density at radius 2 is 1.80 bits per heavy atom. The molecule has 0 amide bonds. The number of hydrogen-bond acceptors (Lipinski definition) is 5. The number of hydrogen-bond donors (Lipinski definition) is 0. The van der Waals surface area contributed by atoms with Crippen molar-refractivity contribution >= 4 is 17.5 Å². The molecule has 2 rings (SSSR count). The average Bonchev–Trinajstić information content (AvgIpc) is 2.48. The monoisotopic (exact) mass is 272 g/mol. The highest BCUT2D eigenvalue weighted by Crippen LogP contribution is 2.16. The van der Waals surface area contributed by atoms with Gasteiger partial charge in [0, 0.05) is 6.08 Å². The van der Waals surface area contributed by atoms with Gasteiger partial charge in [-0.1, -0.05) is 30.3 Å². The lowest BCUT2D eigenvalue weighted by Crippen LogP contribution is -2.22. The van der Waals surface area contributed by atoms with E-state index in [1.54, 1.807) is 0 Å². The molecule has 1 aromatic carbocycles. The number of allylic oxidation sites excluding steroid dienone is 2. The highest BCUT2D eigenvalue weighted by Gasteiger charge is 2.26. The van der Waals surface area contributed by atoms with Gasteiger partial charge < -0.3 is 9.47 Å². The number of ketones is 2. The Hall–Kier alpha value is -2.69. The van der Waals surface area contributed by atoms with E-state index in [-0.39, 0.29) is 17.9 Å². The van der Waals surface area contributed by atoms with Crippen molar-refractivity contribution in [3.63, 3.8) is 0 Å². The van der Waals surface area contributed by atoms with E-state index < -0.39 is 17.5 Å². The van der Waals surface area contributed by atoms with Gasteiger partial charge in [0.25, 0.3) is 5.78 Å². The molecule has 0 heterocycles. The first-order valence-electron chi connectivity index (χ1n) is 5.89. The van der Waals surface area contributed by atoms with Crippen LogP contribution in [0.3, 0.4) is 0 Å². The van der Waals surface area contributed by atoms with Crippen molar-refractivity contribution in [1.82, 2.24) is 0 Å². The fraction of sp³-hybridized carbons (Fsp3) is 0.133. The molecule has 0 saturated carbocycles. The Balaban J connectivity index is 2.15. The Bertz CT molecular complexity index is 610. The minimum Gasteiger partial charge on any atom is -0.485 e. The number of esters is 1. The predicted molar refractivity (Wildman–Crippen MR) is 69.4 cm³/mol. The van der Waals surface area contributed by atoms with Crippen LogP contribution in [0.25, 0.3) is 0 Å². The number of benzene rings is 1. The van der Waals surface area contributed by atoms with Gasteiger partial charge in [0.1, 0.15) is 6.61 Å². The van der Waals surface area contributed by atoms with E-state index in [1.165, 1.54) is 13.2 Å². The maximum Gasteiger partial charge on any atom is 0.338 e. The molecule has 0 spiro atoms. The summed E-state index contributed by atoms with van der Waals surface area (Å²) in [4.78, 5) is 34.5. The van der Waals surface area contributed by atoms with Gasteiger partial charge in [0.2, 0.25) is 5.78 Å². The SMILES string of the molecule is COC(=O)C1=CC(=O)C(=O)C(OCc2ccccc2)=C1. The van der Waals surface area contributed by atoms with E-state index in [9.17, 15) is 14.4 Å². The summed E-state index contributed by atoms with van der Waals surface area (Å²) in [5.41, 5.74) is 0.850. The van der Waals surface area contributed by atoms with Gasteiger partial charge in [-0.05, 0) is 11.6 Å². The van der Waals surface area contributed by atoms with E-state index >= 15 is 0 Å². The van der Waals surface area contributed by atoms with Crippen molar-refractivity contribution in [2.45, 2.75) is 6.61 Å². The summed E-state index contributed by atoms with van der Waals surface area (Å²) in [5.74, 6) is -2.40. The first-order chi connectivity index (χ1) is 9.61. The molecule has 0 bridgehead atoms. The fourth-order valence-corrected chi connectivity index (χ4v) is 1.65. The van der Waals surface area contributed by atoms with E-state index in [0.717, 1.165) is 11.6 Å². The van der Waals surface area contributed by atoms with Gasteiger partial charge in [-0.3, -0.25) is 9.59 Å². The lowest BCUT2D eigenvalue weighted by atomic mass is 10.0. The van der Waals surface area contributed by atoms with Crippen LogP contribution in [0.2, 0.25) is 0 Å². The van der Waals surface area contributed by atoms with Crippen molar-refractivity contribution in [3.8, 4) is 0 Å². The average molecular weight is 272 g/mol. The molecule has 0 radical (unpaired) electrons. The molecule has 5 nitrogen and oxygen atoms in total. The van der Waals surface area contributed by atoms with Gasteiger partial charge >= 0.3 is 5.97 Å². The first-order valence-corrected chi connectivity index (χ1v) is 5.89. The van der Waals surface area contributed by atoms with Gasteiger partial charge in [-0.15, -0.1) is 0 Å².